The number of fused-ring (bicyclic) bond motifs is 1. The number of quaternary nitrogens is 4. The van der Waals surface area contributed by atoms with Crippen LogP contribution in [0.25, 0.3) is 0 Å². The van der Waals surface area contributed by atoms with Crippen LogP contribution < -0.4 is 30.5 Å². The Balaban J connectivity index is 1.27. The van der Waals surface area contributed by atoms with E-state index in [9.17, 15) is 8.42 Å². The van der Waals surface area contributed by atoms with E-state index in [0.29, 0.717) is 18.8 Å². The first kappa shape index (κ1) is 25.2. The third-order valence-corrected chi connectivity index (χ3v) is 8.85. The van der Waals surface area contributed by atoms with E-state index in [2.05, 4.69) is 51.0 Å². The number of nitrogens with two attached hydrogens (primary N) is 2. The number of hydrogen-bond acceptors (Lipinski definition) is 4. The largest absolute Gasteiger partial charge is 0.370 e. The van der Waals surface area contributed by atoms with Crippen molar-refractivity contribution in [3.05, 3.63) is 59.3 Å². The van der Waals surface area contributed by atoms with Gasteiger partial charge in [-0.3, -0.25) is 10.2 Å². The van der Waals surface area contributed by atoms with Gasteiger partial charge in [-0.1, -0.05) is 35.9 Å². The van der Waals surface area contributed by atoms with Crippen LogP contribution >= 0.6 is 11.6 Å². The number of alkyl halides is 1. The van der Waals surface area contributed by atoms with Gasteiger partial charge in [-0.05, 0) is 23.8 Å². The summed E-state index contributed by atoms with van der Waals surface area (Å²) in [7, 11) is -3.23. The molecule has 0 saturated carbocycles. The minimum absolute atomic E-state index is 0.0840. The highest BCUT2D eigenvalue weighted by molar-refractivity contribution is 7.88. The fraction of sp³-hybridized carbons (Fsp3) is 0.583. The molecule has 4 aliphatic rings. The summed E-state index contributed by atoms with van der Waals surface area (Å²) in [6.07, 6.45) is 9.72. The van der Waals surface area contributed by atoms with Gasteiger partial charge in [-0.25, -0.2) is 13.1 Å². The van der Waals surface area contributed by atoms with Crippen LogP contribution in [-0.4, -0.2) is 77.9 Å². The van der Waals surface area contributed by atoms with Crippen molar-refractivity contribution < 1.29 is 33.6 Å². The second-order valence-corrected chi connectivity index (χ2v) is 12.5. The number of halogens is 1. The van der Waals surface area contributed by atoms with Gasteiger partial charge in [-0.15, -0.1) is 0 Å². The van der Waals surface area contributed by atoms with E-state index in [1.165, 1.54) is 22.4 Å². The molecule has 11 heteroatoms. The molecule has 0 radical (unpaired) electrons. The number of benzene rings is 1. The Morgan fingerprint density at radius 1 is 1.26 bits per heavy atom. The molecule has 0 bridgehead atoms. The number of allylic oxidation sites excluding steroid dienone is 1. The first-order valence-corrected chi connectivity index (χ1v) is 15.0. The molecule has 9 nitrogen and oxygen atoms in total. The lowest BCUT2D eigenvalue weighted by Gasteiger charge is -2.36. The maximum absolute atomic E-state index is 11.5. The molecule has 6 unspecified atom stereocenters. The molecule has 0 aromatic heterocycles. The molecule has 1 aliphatic carbocycles. The number of sulfonamides is 1. The Morgan fingerprint density at radius 3 is 2.83 bits per heavy atom. The maximum atomic E-state index is 11.5. The Hall–Kier alpha value is -1.50. The Morgan fingerprint density at radius 2 is 2.09 bits per heavy atom. The number of rotatable bonds is 7. The van der Waals surface area contributed by atoms with Crippen LogP contribution in [0.1, 0.15) is 23.6 Å². The highest BCUT2D eigenvalue weighted by Gasteiger charge is 2.53. The predicted molar refractivity (Wildman–Crippen MR) is 133 cm³/mol. The average Bonchev–Trinajstić information content (AvgIpc) is 3.24. The fourth-order valence-electron chi connectivity index (χ4n) is 5.85. The summed E-state index contributed by atoms with van der Waals surface area (Å²) in [5.41, 5.74) is 3.44. The predicted octanol–water partition coefficient (Wildman–Crippen LogP) is -4.25. The minimum Gasteiger partial charge on any atom is -0.370 e. The number of morpholine rings is 1. The van der Waals surface area contributed by atoms with Crippen LogP contribution in [0.15, 0.2) is 48.2 Å². The van der Waals surface area contributed by atoms with Crippen molar-refractivity contribution in [3.8, 4) is 0 Å². The van der Waals surface area contributed by atoms with Gasteiger partial charge in [0.15, 0.2) is 6.04 Å². The topological polar surface area (TPSA) is 110 Å². The van der Waals surface area contributed by atoms with Crippen molar-refractivity contribution in [2.45, 2.75) is 42.9 Å². The summed E-state index contributed by atoms with van der Waals surface area (Å²) < 4.78 is 31.2. The first-order valence-electron chi connectivity index (χ1n) is 12.6. The summed E-state index contributed by atoms with van der Waals surface area (Å²) in [6.45, 7) is 6.02. The number of piperazine rings is 1. The van der Waals surface area contributed by atoms with Crippen LogP contribution in [-0.2, 0) is 21.3 Å². The van der Waals surface area contributed by atoms with Crippen LogP contribution in [0.5, 0.6) is 0 Å². The first-order chi connectivity index (χ1) is 16.9. The summed E-state index contributed by atoms with van der Waals surface area (Å²) in [4.78, 5) is 3.02. The molecule has 3 aliphatic heterocycles. The van der Waals surface area contributed by atoms with Crippen molar-refractivity contribution in [2.75, 3.05) is 45.6 Å². The zero-order chi connectivity index (χ0) is 24.4. The Kier molecular flexibility index (Phi) is 7.81. The van der Waals surface area contributed by atoms with Crippen molar-refractivity contribution in [1.29, 1.82) is 0 Å². The third-order valence-electron chi connectivity index (χ3n) is 7.72. The van der Waals surface area contributed by atoms with E-state index < -0.39 is 10.0 Å². The molecule has 8 N–H and O–H groups in total. The average molecular weight is 527 g/mol. The molecule has 1 aromatic rings. The summed E-state index contributed by atoms with van der Waals surface area (Å²) in [5, 5.41) is 8.62. The second-order valence-electron chi connectivity index (χ2n) is 10.2. The van der Waals surface area contributed by atoms with E-state index in [-0.39, 0.29) is 17.7 Å². The zero-order valence-electron chi connectivity index (χ0n) is 20.3. The highest BCUT2D eigenvalue weighted by Crippen LogP contribution is 2.14. The monoisotopic (exact) mass is 526 g/mol. The standard InChI is InChI=1S/C24H35ClN6O3S/c1-35(32,33)27-14-17-3-2-4-18(13-17)21-16-31-22(25)15-26-24(31)23(29-21)28-19-5-7-20(8-6-19)30-9-11-34-12-10-30/h2-7,13,20-24,26-29H,8-12,14-16H2,1H3/p+4. The normalized spacial score (nSPS) is 33.8. The SMILES string of the molecule is CS(=O)(=O)NCc1cccc(C2C[NH+]3C(Cl)C[NH2+]C3C(NC3=CCC([NH+]4CCOCC4)C=C3)[NH2+]2)c1. The van der Waals surface area contributed by atoms with Gasteiger partial charge in [0.25, 0.3) is 12.3 Å². The molecule has 5 rings (SSSR count). The van der Waals surface area contributed by atoms with E-state index in [4.69, 9.17) is 16.3 Å². The van der Waals surface area contributed by atoms with E-state index in [1.807, 2.05) is 12.1 Å². The van der Waals surface area contributed by atoms with E-state index in [1.54, 1.807) is 4.90 Å². The molecule has 3 saturated heterocycles. The van der Waals surface area contributed by atoms with Crippen LogP contribution in [0.3, 0.4) is 0 Å². The van der Waals surface area contributed by atoms with Gasteiger partial charge in [0.2, 0.25) is 15.5 Å². The number of nitrogens with one attached hydrogen (secondary N) is 4. The van der Waals surface area contributed by atoms with Gasteiger partial charge < -0.3 is 20.3 Å². The zero-order valence-corrected chi connectivity index (χ0v) is 21.8. The van der Waals surface area contributed by atoms with Crippen molar-refractivity contribution in [3.63, 3.8) is 0 Å². The quantitative estimate of drug-likeness (QED) is 0.160. The molecule has 192 valence electrons. The van der Waals surface area contributed by atoms with Gasteiger partial charge >= 0.3 is 0 Å². The third kappa shape index (κ3) is 6.26. The lowest BCUT2D eigenvalue weighted by Crippen LogP contribution is -3.32. The van der Waals surface area contributed by atoms with Crippen LogP contribution in [0, 0.1) is 0 Å². The minimum atomic E-state index is -3.23. The van der Waals surface area contributed by atoms with E-state index in [0.717, 1.165) is 51.4 Å². The Bertz CT molecular complexity index is 1060. The molecular formula is C24H39ClN6O3S+4. The van der Waals surface area contributed by atoms with Gasteiger partial charge in [0.1, 0.15) is 32.2 Å². The molecule has 3 heterocycles. The summed E-state index contributed by atoms with van der Waals surface area (Å²) in [6, 6.07) is 9.01. The van der Waals surface area contributed by atoms with Crippen molar-refractivity contribution >= 4 is 21.6 Å². The van der Waals surface area contributed by atoms with Crippen molar-refractivity contribution in [2.24, 2.45) is 0 Å². The van der Waals surface area contributed by atoms with E-state index >= 15 is 0 Å². The highest BCUT2D eigenvalue weighted by atomic mass is 35.5. The molecular weight excluding hydrogens is 488 g/mol. The molecule has 6 atom stereocenters. The maximum Gasteiger partial charge on any atom is 0.286 e. The summed E-state index contributed by atoms with van der Waals surface area (Å²) >= 11 is 6.75. The molecule has 0 spiro atoms. The molecule has 3 fully saturated rings. The summed E-state index contributed by atoms with van der Waals surface area (Å²) in [5.74, 6) is 0. The lowest BCUT2D eigenvalue weighted by atomic mass is 10.00. The van der Waals surface area contributed by atoms with Gasteiger partial charge in [0.05, 0.1) is 19.5 Å². The molecule has 35 heavy (non-hydrogen) atoms. The van der Waals surface area contributed by atoms with Gasteiger partial charge in [-0.2, -0.15) is 0 Å². The fourth-order valence-corrected chi connectivity index (χ4v) is 6.62. The van der Waals surface area contributed by atoms with Crippen molar-refractivity contribution in [1.82, 2.24) is 10.0 Å². The Labute approximate surface area is 212 Å². The second kappa shape index (κ2) is 10.9. The molecule has 0 amide bonds. The lowest BCUT2D eigenvalue weighted by molar-refractivity contribution is -1.05. The van der Waals surface area contributed by atoms with Gasteiger partial charge in [0, 0.05) is 24.2 Å². The van der Waals surface area contributed by atoms with Crippen LogP contribution in [0.4, 0.5) is 0 Å². The number of ether oxygens (including phenoxy) is 1. The smallest absolute Gasteiger partial charge is 0.286 e. The number of hydrogen-bond donors (Lipinski definition) is 6. The molecule has 1 aromatic carbocycles. The van der Waals surface area contributed by atoms with Crippen LogP contribution in [0.2, 0.25) is 0 Å².